The maximum absolute atomic E-state index is 11.8. The van der Waals surface area contributed by atoms with Gasteiger partial charge in [-0.2, -0.15) is 0 Å². The molecule has 0 atom stereocenters. The molecule has 1 aliphatic rings. The number of ether oxygens (including phenoxy) is 1. The summed E-state index contributed by atoms with van der Waals surface area (Å²) in [7, 11) is 1.64. The number of hydrogen-bond donors (Lipinski definition) is 3. The summed E-state index contributed by atoms with van der Waals surface area (Å²) in [6.07, 6.45) is 6.20. The van der Waals surface area contributed by atoms with Crippen LogP contribution in [0, 0.1) is 5.41 Å². The molecule has 0 bridgehead atoms. The van der Waals surface area contributed by atoms with Gasteiger partial charge in [0.1, 0.15) is 0 Å². The van der Waals surface area contributed by atoms with Crippen molar-refractivity contribution in [2.75, 3.05) is 33.4 Å². The zero-order chi connectivity index (χ0) is 20.2. The van der Waals surface area contributed by atoms with Gasteiger partial charge < -0.3 is 20.7 Å². The fraction of sp³-hybridized carbons (Fsp3) is 0.636. The maximum Gasteiger partial charge on any atom is 0.251 e. The lowest BCUT2D eigenvalue weighted by Crippen LogP contribution is -2.43. The Labute approximate surface area is 192 Å². The van der Waals surface area contributed by atoms with Gasteiger partial charge in [-0.1, -0.05) is 25.0 Å². The third kappa shape index (κ3) is 8.50. The van der Waals surface area contributed by atoms with Crippen molar-refractivity contribution in [3.8, 4) is 0 Å². The highest BCUT2D eigenvalue weighted by molar-refractivity contribution is 14.0. The molecule has 1 fully saturated rings. The number of hydrogen-bond acceptors (Lipinski definition) is 3. The Balaban J connectivity index is 0.00000420. The van der Waals surface area contributed by atoms with E-state index in [0.29, 0.717) is 17.5 Å². The summed E-state index contributed by atoms with van der Waals surface area (Å²) in [4.78, 5) is 16.5. The average Bonchev–Trinajstić information content (AvgIpc) is 3.19. The van der Waals surface area contributed by atoms with Crippen molar-refractivity contribution in [1.82, 2.24) is 16.0 Å². The van der Waals surface area contributed by atoms with E-state index < -0.39 is 0 Å². The van der Waals surface area contributed by atoms with Gasteiger partial charge >= 0.3 is 0 Å². The van der Waals surface area contributed by atoms with Crippen LogP contribution in [0.15, 0.2) is 29.3 Å². The predicted octanol–water partition coefficient (Wildman–Crippen LogP) is 3.71. The first-order valence-electron chi connectivity index (χ1n) is 10.5. The number of amides is 1. The van der Waals surface area contributed by atoms with E-state index >= 15 is 0 Å². The van der Waals surface area contributed by atoms with Crippen molar-refractivity contribution in [1.29, 1.82) is 0 Å². The molecule has 0 aromatic heterocycles. The number of carbonyl (C=O) groups is 1. The minimum Gasteiger partial charge on any atom is -0.382 e. The van der Waals surface area contributed by atoms with E-state index in [0.717, 1.165) is 44.2 Å². The van der Waals surface area contributed by atoms with Crippen LogP contribution in [0.2, 0.25) is 0 Å². The largest absolute Gasteiger partial charge is 0.382 e. The number of nitrogens with one attached hydrogen (secondary N) is 3. The van der Waals surface area contributed by atoms with E-state index in [4.69, 9.17) is 9.73 Å². The lowest BCUT2D eigenvalue weighted by Gasteiger charge is -2.30. The van der Waals surface area contributed by atoms with E-state index in [1.807, 2.05) is 24.3 Å². The summed E-state index contributed by atoms with van der Waals surface area (Å²) in [5, 5.41) is 9.55. The van der Waals surface area contributed by atoms with Gasteiger partial charge in [0.25, 0.3) is 5.91 Å². The van der Waals surface area contributed by atoms with Gasteiger partial charge in [-0.05, 0) is 56.2 Å². The van der Waals surface area contributed by atoms with Crippen LogP contribution in [0.3, 0.4) is 0 Å². The van der Waals surface area contributed by atoms with Gasteiger partial charge in [-0.25, -0.2) is 4.99 Å². The minimum absolute atomic E-state index is 0. The van der Waals surface area contributed by atoms with Gasteiger partial charge in [0, 0.05) is 38.9 Å². The Hall–Kier alpha value is -1.35. The molecule has 0 spiro atoms. The first-order valence-corrected chi connectivity index (χ1v) is 10.5. The van der Waals surface area contributed by atoms with Crippen molar-refractivity contribution in [3.63, 3.8) is 0 Å². The van der Waals surface area contributed by atoms with Crippen LogP contribution in [-0.4, -0.2) is 45.2 Å². The number of halogens is 1. The van der Waals surface area contributed by atoms with Gasteiger partial charge in [0.15, 0.2) is 5.96 Å². The van der Waals surface area contributed by atoms with Crippen molar-refractivity contribution in [2.45, 2.75) is 52.5 Å². The number of carbonyl (C=O) groups excluding carboxylic acids is 1. The SMILES string of the molecule is CCNC(=NCc1cccc(C(=O)NC)c1)NCC1(CCOCC)CCCC1.I. The van der Waals surface area contributed by atoms with Crippen molar-refractivity contribution >= 4 is 35.8 Å². The molecule has 1 aromatic carbocycles. The third-order valence-corrected chi connectivity index (χ3v) is 5.46. The van der Waals surface area contributed by atoms with E-state index in [-0.39, 0.29) is 29.9 Å². The number of guanidine groups is 1. The van der Waals surface area contributed by atoms with Crippen molar-refractivity contribution in [3.05, 3.63) is 35.4 Å². The molecule has 1 amide bonds. The Morgan fingerprint density at radius 3 is 2.62 bits per heavy atom. The Morgan fingerprint density at radius 2 is 1.97 bits per heavy atom. The molecule has 0 saturated heterocycles. The molecular weight excluding hydrogens is 479 g/mol. The summed E-state index contributed by atoms with van der Waals surface area (Å²) in [6.45, 7) is 8.01. The monoisotopic (exact) mass is 516 g/mol. The average molecular weight is 516 g/mol. The first-order chi connectivity index (χ1) is 13.6. The van der Waals surface area contributed by atoms with Crippen LogP contribution >= 0.6 is 24.0 Å². The Morgan fingerprint density at radius 1 is 1.21 bits per heavy atom. The molecule has 164 valence electrons. The lowest BCUT2D eigenvalue weighted by molar-refractivity contribution is 0.0963. The Kier molecular flexibility index (Phi) is 12.2. The third-order valence-electron chi connectivity index (χ3n) is 5.46. The molecule has 1 saturated carbocycles. The number of nitrogens with zero attached hydrogens (tertiary/aromatic N) is 1. The van der Waals surface area contributed by atoms with Crippen LogP contribution in [0.1, 0.15) is 61.9 Å². The standard InChI is InChI=1S/C22H36N4O2.HI/c1-4-24-21(25-16-18-9-8-10-19(15-18)20(27)23-3)26-17-22(11-6-7-12-22)13-14-28-5-2;/h8-10,15H,4-7,11-14,16-17H2,1-3H3,(H,23,27)(H2,24,25,26);1H. The fourth-order valence-electron chi connectivity index (χ4n) is 3.81. The van der Waals surface area contributed by atoms with Crippen LogP contribution in [0.4, 0.5) is 0 Å². The van der Waals surface area contributed by atoms with Crippen LogP contribution in [0.25, 0.3) is 0 Å². The maximum atomic E-state index is 11.8. The molecule has 3 N–H and O–H groups in total. The minimum atomic E-state index is -0.0756. The number of aliphatic imine (C=N–C) groups is 1. The van der Waals surface area contributed by atoms with E-state index in [1.165, 1.54) is 25.7 Å². The second-order valence-electron chi connectivity index (χ2n) is 7.48. The summed E-state index contributed by atoms with van der Waals surface area (Å²) < 4.78 is 5.61. The second kappa shape index (κ2) is 13.8. The predicted molar refractivity (Wildman–Crippen MR) is 130 cm³/mol. The molecule has 0 radical (unpaired) electrons. The zero-order valence-electron chi connectivity index (χ0n) is 18.1. The van der Waals surface area contributed by atoms with Gasteiger partial charge in [0.2, 0.25) is 0 Å². The molecule has 7 heteroatoms. The molecule has 2 rings (SSSR count). The summed E-state index contributed by atoms with van der Waals surface area (Å²) >= 11 is 0. The highest BCUT2D eigenvalue weighted by atomic mass is 127. The molecule has 6 nitrogen and oxygen atoms in total. The lowest BCUT2D eigenvalue weighted by atomic mass is 9.83. The van der Waals surface area contributed by atoms with E-state index in [1.54, 1.807) is 7.05 Å². The molecule has 1 aliphatic carbocycles. The Bertz CT molecular complexity index is 645. The number of rotatable bonds is 10. The molecule has 1 aromatic rings. The van der Waals surface area contributed by atoms with Crippen LogP contribution < -0.4 is 16.0 Å². The van der Waals surface area contributed by atoms with E-state index in [2.05, 4.69) is 29.8 Å². The smallest absolute Gasteiger partial charge is 0.251 e. The molecular formula is C22H37IN4O2. The summed E-state index contributed by atoms with van der Waals surface area (Å²) in [6, 6.07) is 7.61. The zero-order valence-corrected chi connectivity index (χ0v) is 20.4. The van der Waals surface area contributed by atoms with Crippen LogP contribution in [-0.2, 0) is 11.3 Å². The summed E-state index contributed by atoms with van der Waals surface area (Å²) in [5.74, 6) is 0.754. The normalized spacial score (nSPS) is 15.5. The first kappa shape index (κ1) is 25.7. The second-order valence-corrected chi connectivity index (χ2v) is 7.48. The number of benzene rings is 1. The highest BCUT2D eigenvalue weighted by Gasteiger charge is 2.33. The molecule has 0 unspecified atom stereocenters. The van der Waals surface area contributed by atoms with Gasteiger partial charge in [0.05, 0.1) is 6.54 Å². The van der Waals surface area contributed by atoms with Crippen molar-refractivity contribution in [2.24, 2.45) is 10.4 Å². The molecule has 29 heavy (non-hydrogen) atoms. The van der Waals surface area contributed by atoms with E-state index in [9.17, 15) is 4.79 Å². The van der Waals surface area contributed by atoms with Gasteiger partial charge in [-0.3, -0.25) is 4.79 Å². The van der Waals surface area contributed by atoms with Gasteiger partial charge in [-0.15, -0.1) is 24.0 Å². The quantitative estimate of drug-likeness (QED) is 0.192. The molecule has 0 heterocycles. The van der Waals surface area contributed by atoms with Crippen LogP contribution in [0.5, 0.6) is 0 Å². The highest BCUT2D eigenvalue weighted by Crippen LogP contribution is 2.40. The summed E-state index contributed by atoms with van der Waals surface area (Å²) in [5.41, 5.74) is 1.99. The fourth-order valence-corrected chi connectivity index (χ4v) is 3.81. The topological polar surface area (TPSA) is 74.8 Å². The van der Waals surface area contributed by atoms with Crippen molar-refractivity contribution < 1.29 is 9.53 Å². The molecule has 0 aliphatic heterocycles.